The van der Waals surface area contributed by atoms with Crippen molar-refractivity contribution in [1.29, 1.82) is 0 Å². The summed E-state index contributed by atoms with van der Waals surface area (Å²) >= 11 is 0. The number of pyridine rings is 1. The first kappa shape index (κ1) is 21.7. The second-order valence-corrected chi connectivity index (χ2v) is 9.00. The SMILES string of the molecule is CCCCc1cn(C(C)(C)C)c(=O)n1Cc1ccc(-c2cnccc2-c2nnn[nH]2)cc1. The number of hydrogen-bond donors (Lipinski definition) is 1. The molecular weight excluding hydrogens is 402 g/mol. The van der Waals surface area contributed by atoms with Crippen molar-refractivity contribution in [1.82, 2.24) is 34.7 Å². The summed E-state index contributed by atoms with van der Waals surface area (Å²) in [5, 5.41) is 14.2. The van der Waals surface area contributed by atoms with Crippen LogP contribution in [0.4, 0.5) is 0 Å². The molecule has 4 aromatic rings. The zero-order chi connectivity index (χ0) is 22.7. The Bertz CT molecular complexity index is 1230. The quantitative estimate of drug-likeness (QED) is 0.477. The molecule has 0 fully saturated rings. The van der Waals surface area contributed by atoms with Gasteiger partial charge in [-0.1, -0.05) is 37.6 Å². The van der Waals surface area contributed by atoms with E-state index in [2.05, 4.69) is 77.6 Å². The largest absolute Gasteiger partial charge is 0.329 e. The van der Waals surface area contributed by atoms with E-state index in [-0.39, 0.29) is 11.2 Å². The molecule has 4 rings (SSSR count). The van der Waals surface area contributed by atoms with E-state index >= 15 is 0 Å². The summed E-state index contributed by atoms with van der Waals surface area (Å²) < 4.78 is 3.76. The van der Waals surface area contributed by atoms with Crippen molar-refractivity contribution in [2.24, 2.45) is 0 Å². The molecule has 8 heteroatoms. The van der Waals surface area contributed by atoms with E-state index in [1.807, 2.05) is 27.6 Å². The first-order chi connectivity index (χ1) is 15.4. The average Bonchev–Trinajstić information content (AvgIpc) is 3.42. The van der Waals surface area contributed by atoms with E-state index in [4.69, 9.17) is 0 Å². The number of tetrazole rings is 1. The van der Waals surface area contributed by atoms with Gasteiger partial charge in [0, 0.05) is 41.0 Å². The molecule has 0 aliphatic rings. The molecule has 0 aliphatic carbocycles. The number of nitrogens with one attached hydrogen (secondary N) is 1. The molecule has 32 heavy (non-hydrogen) atoms. The highest BCUT2D eigenvalue weighted by molar-refractivity contribution is 5.79. The van der Waals surface area contributed by atoms with Gasteiger partial charge in [0.1, 0.15) is 0 Å². The molecular formula is C24H29N7O. The van der Waals surface area contributed by atoms with Crippen molar-refractivity contribution in [3.63, 3.8) is 0 Å². The van der Waals surface area contributed by atoms with Crippen LogP contribution in [0.1, 0.15) is 51.8 Å². The van der Waals surface area contributed by atoms with E-state index < -0.39 is 0 Å². The minimum Gasteiger partial charge on any atom is -0.294 e. The number of hydrogen-bond acceptors (Lipinski definition) is 5. The molecule has 0 atom stereocenters. The van der Waals surface area contributed by atoms with Gasteiger partial charge in [-0.3, -0.25) is 14.1 Å². The number of aryl methyl sites for hydroxylation is 1. The van der Waals surface area contributed by atoms with Crippen molar-refractivity contribution in [3.05, 3.63) is 70.7 Å². The van der Waals surface area contributed by atoms with E-state index in [1.165, 1.54) is 0 Å². The Labute approximate surface area is 187 Å². The van der Waals surface area contributed by atoms with Gasteiger partial charge in [0.15, 0.2) is 5.82 Å². The van der Waals surface area contributed by atoms with Crippen molar-refractivity contribution in [2.75, 3.05) is 0 Å². The number of nitrogens with zero attached hydrogens (tertiary/aromatic N) is 6. The Hall–Kier alpha value is -3.55. The number of aromatic nitrogens is 7. The third-order valence-corrected chi connectivity index (χ3v) is 5.60. The van der Waals surface area contributed by atoms with E-state index in [9.17, 15) is 4.79 Å². The van der Waals surface area contributed by atoms with Crippen LogP contribution in [0.25, 0.3) is 22.5 Å². The van der Waals surface area contributed by atoms with Gasteiger partial charge in [0.2, 0.25) is 0 Å². The smallest absolute Gasteiger partial charge is 0.294 e. The fraction of sp³-hybridized carbons (Fsp3) is 0.375. The molecule has 1 aromatic carbocycles. The Balaban J connectivity index is 1.65. The maximum absolute atomic E-state index is 13.2. The first-order valence-corrected chi connectivity index (χ1v) is 11.0. The zero-order valence-electron chi connectivity index (χ0n) is 19.0. The van der Waals surface area contributed by atoms with Crippen LogP contribution in [0.2, 0.25) is 0 Å². The summed E-state index contributed by atoms with van der Waals surface area (Å²) in [6, 6.07) is 10.1. The third-order valence-electron chi connectivity index (χ3n) is 5.60. The number of imidazole rings is 1. The van der Waals surface area contributed by atoms with Gasteiger partial charge in [-0.15, -0.1) is 5.10 Å². The molecule has 0 saturated heterocycles. The molecule has 0 radical (unpaired) electrons. The molecule has 3 heterocycles. The lowest BCUT2D eigenvalue weighted by molar-refractivity contribution is 0.380. The van der Waals surface area contributed by atoms with Crippen LogP contribution in [0, 0.1) is 0 Å². The van der Waals surface area contributed by atoms with Gasteiger partial charge in [-0.2, -0.15) is 0 Å². The Kier molecular flexibility index (Phi) is 6.03. The van der Waals surface area contributed by atoms with E-state index in [0.29, 0.717) is 12.4 Å². The normalized spacial score (nSPS) is 11.8. The van der Waals surface area contributed by atoms with Crippen LogP contribution in [-0.2, 0) is 18.5 Å². The molecule has 0 spiro atoms. The average molecular weight is 432 g/mol. The van der Waals surface area contributed by atoms with Crippen molar-refractivity contribution in [3.8, 4) is 22.5 Å². The summed E-state index contributed by atoms with van der Waals surface area (Å²) in [5.74, 6) is 0.599. The van der Waals surface area contributed by atoms with Crippen LogP contribution in [-0.4, -0.2) is 34.7 Å². The van der Waals surface area contributed by atoms with Crippen LogP contribution in [0.5, 0.6) is 0 Å². The predicted octanol–water partition coefficient (Wildman–Crippen LogP) is 4.04. The topological polar surface area (TPSA) is 94.3 Å². The monoisotopic (exact) mass is 431 g/mol. The van der Waals surface area contributed by atoms with Crippen molar-refractivity contribution < 1.29 is 0 Å². The summed E-state index contributed by atoms with van der Waals surface area (Å²) in [6.07, 6.45) is 8.62. The molecule has 0 bridgehead atoms. The maximum atomic E-state index is 13.2. The molecule has 0 amide bonds. The lowest BCUT2D eigenvalue weighted by Crippen LogP contribution is -2.34. The summed E-state index contributed by atoms with van der Waals surface area (Å²) in [5.41, 5.74) is 4.80. The summed E-state index contributed by atoms with van der Waals surface area (Å²) in [7, 11) is 0. The Morgan fingerprint density at radius 1 is 1.06 bits per heavy atom. The van der Waals surface area contributed by atoms with Gasteiger partial charge in [-0.25, -0.2) is 9.89 Å². The van der Waals surface area contributed by atoms with E-state index in [1.54, 1.807) is 6.20 Å². The summed E-state index contributed by atoms with van der Waals surface area (Å²) in [6.45, 7) is 8.91. The third kappa shape index (κ3) is 4.39. The molecule has 166 valence electrons. The van der Waals surface area contributed by atoms with Crippen LogP contribution >= 0.6 is 0 Å². The molecule has 8 nitrogen and oxygen atoms in total. The number of aromatic amines is 1. The van der Waals surface area contributed by atoms with Crippen LogP contribution in [0.3, 0.4) is 0 Å². The number of unbranched alkanes of at least 4 members (excludes halogenated alkanes) is 1. The first-order valence-electron chi connectivity index (χ1n) is 11.0. The van der Waals surface area contributed by atoms with Gasteiger partial charge >= 0.3 is 5.69 Å². The van der Waals surface area contributed by atoms with Gasteiger partial charge in [0.25, 0.3) is 0 Å². The highest BCUT2D eigenvalue weighted by atomic mass is 16.1. The molecule has 0 saturated carbocycles. The Morgan fingerprint density at radius 3 is 2.50 bits per heavy atom. The van der Waals surface area contributed by atoms with Crippen molar-refractivity contribution >= 4 is 0 Å². The molecule has 0 unspecified atom stereocenters. The van der Waals surface area contributed by atoms with Crippen molar-refractivity contribution in [2.45, 2.75) is 59.0 Å². The maximum Gasteiger partial charge on any atom is 0.329 e. The Morgan fingerprint density at radius 2 is 1.84 bits per heavy atom. The predicted molar refractivity (Wildman–Crippen MR) is 124 cm³/mol. The fourth-order valence-electron chi connectivity index (χ4n) is 3.81. The molecule has 0 aliphatic heterocycles. The lowest BCUT2D eigenvalue weighted by atomic mass is 10.0. The molecule has 1 N–H and O–H groups in total. The zero-order valence-corrected chi connectivity index (χ0v) is 19.0. The van der Waals surface area contributed by atoms with E-state index in [0.717, 1.165) is 47.2 Å². The lowest BCUT2D eigenvalue weighted by Gasteiger charge is -2.19. The van der Waals surface area contributed by atoms with Gasteiger partial charge in [-0.05, 0) is 61.2 Å². The standard InChI is InChI=1S/C24H29N7O/c1-5-6-7-19-16-31(24(2,3)4)23(32)30(19)15-17-8-10-18(11-9-17)21-14-25-13-12-20(21)22-26-28-29-27-22/h8-14,16H,5-7,15H2,1-4H3,(H,26,27,28,29). The second-order valence-electron chi connectivity index (χ2n) is 9.00. The number of H-pyrrole nitrogens is 1. The van der Waals surface area contributed by atoms with Crippen LogP contribution in [0.15, 0.2) is 53.7 Å². The highest BCUT2D eigenvalue weighted by Gasteiger charge is 2.20. The summed E-state index contributed by atoms with van der Waals surface area (Å²) in [4.78, 5) is 17.4. The minimum absolute atomic E-state index is 0.0417. The fourth-order valence-corrected chi connectivity index (χ4v) is 3.81. The molecule has 3 aromatic heterocycles. The van der Waals surface area contributed by atoms with Gasteiger partial charge < -0.3 is 0 Å². The number of benzene rings is 1. The minimum atomic E-state index is -0.251. The van der Waals surface area contributed by atoms with Gasteiger partial charge in [0.05, 0.1) is 6.54 Å². The number of rotatable bonds is 7. The highest BCUT2D eigenvalue weighted by Crippen LogP contribution is 2.29. The van der Waals surface area contributed by atoms with Crippen LogP contribution < -0.4 is 5.69 Å². The second kappa shape index (κ2) is 8.90.